The molecule has 1 aromatic rings. The van der Waals surface area contributed by atoms with Crippen LogP contribution in [-0.4, -0.2) is 58.9 Å². The lowest BCUT2D eigenvalue weighted by Gasteiger charge is -2.25. The Morgan fingerprint density at radius 2 is 1.68 bits per heavy atom. The van der Waals surface area contributed by atoms with Crippen molar-refractivity contribution in [1.29, 1.82) is 0 Å². The standard InChI is InChI=1S/C16H22N2O4/c1-3-17(12-16(21)22)15(20)11-18(13(2)19)10-9-14-7-5-4-6-8-14/h4-8H,3,9-12H2,1-2H3,(H,21,22). The Bertz CT molecular complexity index is 516. The predicted octanol–water partition coefficient (Wildman–Crippen LogP) is 1.01. The molecule has 6 nitrogen and oxygen atoms in total. The van der Waals surface area contributed by atoms with E-state index in [1.807, 2.05) is 30.3 Å². The number of hydrogen-bond acceptors (Lipinski definition) is 3. The number of aliphatic carboxylic acids is 1. The van der Waals surface area contributed by atoms with E-state index in [1.54, 1.807) is 6.92 Å². The van der Waals surface area contributed by atoms with Gasteiger partial charge >= 0.3 is 5.97 Å². The molecule has 0 aliphatic heterocycles. The Morgan fingerprint density at radius 3 is 2.18 bits per heavy atom. The molecule has 0 aromatic heterocycles. The molecule has 0 atom stereocenters. The fourth-order valence-corrected chi connectivity index (χ4v) is 2.06. The van der Waals surface area contributed by atoms with Gasteiger partial charge in [-0.05, 0) is 18.9 Å². The molecular weight excluding hydrogens is 284 g/mol. The average Bonchev–Trinajstić information content (AvgIpc) is 2.49. The molecule has 1 N–H and O–H groups in total. The molecule has 0 saturated carbocycles. The topological polar surface area (TPSA) is 77.9 Å². The fraction of sp³-hybridized carbons (Fsp3) is 0.438. The average molecular weight is 306 g/mol. The third kappa shape index (κ3) is 5.95. The van der Waals surface area contributed by atoms with Crippen molar-refractivity contribution in [3.05, 3.63) is 35.9 Å². The molecule has 0 fully saturated rings. The van der Waals surface area contributed by atoms with Crippen LogP contribution in [0.5, 0.6) is 0 Å². The van der Waals surface area contributed by atoms with Crippen LogP contribution in [0.1, 0.15) is 19.4 Å². The zero-order chi connectivity index (χ0) is 16.5. The van der Waals surface area contributed by atoms with Gasteiger partial charge in [0.2, 0.25) is 11.8 Å². The summed E-state index contributed by atoms with van der Waals surface area (Å²) in [5.74, 6) is -1.61. The van der Waals surface area contributed by atoms with Gasteiger partial charge in [0.1, 0.15) is 6.54 Å². The number of carboxylic acid groups (broad SMARTS) is 1. The second kappa shape index (κ2) is 8.81. The molecule has 0 saturated heterocycles. The first-order valence-electron chi connectivity index (χ1n) is 7.23. The molecule has 22 heavy (non-hydrogen) atoms. The van der Waals surface area contributed by atoms with Gasteiger partial charge in [0.15, 0.2) is 0 Å². The van der Waals surface area contributed by atoms with E-state index in [9.17, 15) is 14.4 Å². The highest BCUT2D eigenvalue weighted by atomic mass is 16.4. The van der Waals surface area contributed by atoms with E-state index in [2.05, 4.69) is 0 Å². The van der Waals surface area contributed by atoms with E-state index in [4.69, 9.17) is 5.11 Å². The van der Waals surface area contributed by atoms with Crippen LogP contribution in [0, 0.1) is 0 Å². The van der Waals surface area contributed by atoms with Crippen molar-refractivity contribution in [3.8, 4) is 0 Å². The van der Waals surface area contributed by atoms with Crippen LogP contribution in [0.15, 0.2) is 30.3 Å². The molecule has 0 aliphatic carbocycles. The monoisotopic (exact) mass is 306 g/mol. The second-order valence-corrected chi connectivity index (χ2v) is 4.98. The molecule has 0 heterocycles. The van der Waals surface area contributed by atoms with E-state index >= 15 is 0 Å². The van der Waals surface area contributed by atoms with Crippen molar-refractivity contribution in [3.63, 3.8) is 0 Å². The SMILES string of the molecule is CCN(CC(=O)O)C(=O)CN(CCc1ccccc1)C(C)=O. The van der Waals surface area contributed by atoms with Crippen molar-refractivity contribution in [2.75, 3.05) is 26.2 Å². The third-order valence-corrected chi connectivity index (χ3v) is 3.35. The summed E-state index contributed by atoms with van der Waals surface area (Å²) >= 11 is 0. The highest BCUT2D eigenvalue weighted by molar-refractivity contribution is 5.86. The van der Waals surface area contributed by atoms with E-state index in [0.29, 0.717) is 19.5 Å². The smallest absolute Gasteiger partial charge is 0.323 e. The maximum Gasteiger partial charge on any atom is 0.323 e. The summed E-state index contributed by atoms with van der Waals surface area (Å²) in [5, 5.41) is 8.78. The van der Waals surface area contributed by atoms with Gasteiger partial charge in [-0.25, -0.2) is 0 Å². The number of carbonyl (C=O) groups excluding carboxylic acids is 2. The van der Waals surface area contributed by atoms with E-state index in [-0.39, 0.29) is 24.9 Å². The zero-order valence-corrected chi connectivity index (χ0v) is 13.0. The first-order chi connectivity index (χ1) is 10.4. The molecule has 1 aromatic carbocycles. The molecule has 120 valence electrons. The van der Waals surface area contributed by atoms with E-state index in [0.717, 1.165) is 5.56 Å². The van der Waals surface area contributed by atoms with Gasteiger partial charge in [-0.3, -0.25) is 14.4 Å². The maximum absolute atomic E-state index is 12.1. The van der Waals surface area contributed by atoms with Crippen LogP contribution in [0.4, 0.5) is 0 Å². The Labute approximate surface area is 130 Å². The molecule has 0 bridgehead atoms. The van der Waals surface area contributed by atoms with Crippen molar-refractivity contribution in [1.82, 2.24) is 9.80 Å². The van der Waals surface area contributed by atoms with Crippen LogP contribution < -0.4 is 0 Å². The van der Waals surface area contributed by atoms with Crippen molar-refractivity contribution >= 4 is 17.8 Å². The van der Waals surface area contributed by atoms with E-state index in [1.165, 1.54) is 16.7 Å². The largest absolute Gasteiger partial charge is 0.480 e. The molecule has 0 unspecified atom stereocenters. The lowest BCUT2D eigenvalue weighted by Crippen LogP contribution is -2.44. The number of nitrogens with zero attached hydrogens (tertiary/aromatic N) is 2. The van der Waals surface area contributed by atoms with Gasteiger partial charge < -0.3 is 14.9 Å². The number of carbonyl (C=O) groups is 3. The molecule has 6 heteroatoms. The molecular formula is C16H22N2O4. The molecule has 0 spiro atoms. The highest BCUT2D eigenvalue weighted by Crippen LogP contribution is 2.03. The number of amides is 2. The Kier molecular flexibility index (Phi) is 7.08. The van der Waals surface area contributed by atoms with Crippen LogP contribution in [-0.2, 0) is 20.8 Å². The summed E-state index contributed by atoms with van der Waals surface area (Å²) in [5.41, 5.74) is 1.08. The summed E-state index contributed by atoms with van der Waals surface area (Å²) in [6.45, 7) is 3.41. The number of carboxylic acids is 1. The highest BCUT2D eigenvalue weighted by Gasteiger charge is 2.19. The third-order valence-electron chi connectivity index (χ3n) is 3.35. The number of benzene rings is 1. The molecule has 0 radical (unpaired) electrons. The molecule has 2 amide bonds. The van der Waals surface area contributed by atoms with Gasteiger partial charge in [0.05, 0.1) is 6.54 Å². The lowest BCUT2D eigenvalue weighted by atomic mass is 10.1. The summed E-state index contributed by atoms with van der Waals surface area (Å²) < 4.78 is 0. The first kappa shape index (κ1) is 17.7. The van der Waals surface area contributed by atoms with Crippen molar-refractivity contribution in [2.45, 2.75) is 20.3 Å². The van der Waals surface area contributed by atoms with Crippen LogP contribution in [0.3, 0.4) is 0 Å². The van der Waals surface area contributed by atoms with Crippen molar-refractivity contribution in [2.24, 2.45) is 0 Å². The maximum atomic E-state index is 12.1. The van der Waals surface area contributed by atoms with Gasteiger partial charge in [-0.1, -0.05) is 30.3 Å². The molecule has 0 aliphatic rings. The summed E-state index contributed by atoms with van der Waals surface area (Å²) in [7, 11) is 0. The summed E-state index contributed by atoms with van der Waals surface area (Å²) in [4.78, 5) is 37.2. The predicted molar refractivity (Wildman–Crippen MR) is 82.3 cm³/mol. The number of likely N-dealkylation sites (N-methyl/N-ethyl adjacent to an activating group) is 1. The normalized spacial score (nSPS) is 10.1. The quantitative estimate of drug-likeness (QED) is 0.777. The lowest BCUT2D eigenvalue weighted by molar-refractivity contribution is -0.146. The summed E-state index contributed by atoms with van der Waals surface area (Å²) in [6, 6.07) is 9.68. The van der Waals surface area contributed by atoms with Gasteiger partial charge in [-0.15, -0.1) is 0 Å². The minimum Gasteiger partial charge on any atom is -0.480 e. The zero-order valence-electron chi connectivity index (χ0n) is 13.0. The Balaban J connectivity index is 2.61. The summed E-state index contributed by atoms with van der Waals surface area (Å²) in [6.07, 6.45) is 0.652. The van der Waals surface area contributed by atoms with Crippen molar-refractivity contribution < 1.29 is 19.5 Å². The van der Waals surface area contributed by atoms with Crippen LogP contribution >= 0.6 is 0 Å². The molecule has 1 rings (SSSR count). The minimum atomic E-state index is -1.06. The Hall–Kier alpha value is -2.37. The van der Waals surface area contributed by atoms with E-state index < -0.39 is 5.97 Å². The van der Waals surface area contributed by atoms with Gasteiger partial charge in [0, 0.05) is 20.0 Å². The fourth-order valence-electron chi connectivity index (χ4n) is 2.06. The van der Waals surface area contributed by atoms with Gasteiger partial charge in [-0.2, -0.15) is 0 Å². The Morgan fingerprint density at radius 1 is 1.05 bits per heavy atom. The van der Waals surface area contributed by atoms with Crippen LogP contribution in [0.25, 0.3) is 0 Å². The number of hydrogen-bond donors (Lipinski definition) is 1. The number of rotatable bonds is 8. The first-order valence-corrected chi connectivity index (χ1v) is 7.23. The van der Waals surface area contributed by atoms with Crippen LogP contribution in [0.2, 0.25) is 0 Å². The van der Waals surface area contributed by atoms with Gasteiger partial charge in [0.25, 0.3) is 0 Å². The second-order valence-electron chi connectivity index (χ2n) is 4.98. The minimum absolute atomic E-state index is 0.0940.